The minimum Gasteiger partial charge on any atom is -0.497 e. The zero-order valence-electron chi connectivity index (χ0n) is 8.99. The summed E-state index contributed by atoms with van der Waals surface area (Å²) >= 11 is 0. The van der Waals surface area contributed by atoms with Crippen LogP contribution in [0.15, 0.2) is 24.3 Å². The van der Waals surface area contributed by atoms with Crippen molar-refractivity contribution in [1.82, 2.24) is 0 Å². The van der Waals surface area contributed by atoms with Gasteiger partial charge in [0.05, 0.1) is 7.11 Å². The summed E-state index contributed by atoms with van der Waals surface area (Å²) in [5.74, 6) is 1.50. The number of ether oxygens (including phenoxy) is 1. The van der Waals surface area contributed by atoms with Crippen molar-refractivity contribution in [3.05, 3.63) is 29.8 Å². The Labute approximate surface area is 86.1 Å². The number of nitrogens with two attached hydrogens (primary N) is 1. The van der Waals surface area contributed by atoms with Crippen molar-refractivity contribution >= 4 is 0 Å². The Hall–Kier alpha value is -1.02. The van der Waals surface area contributed by atoms with Crippen LogP contribution in [0.1, 0.15) is 31.2 Å². The van der Waals surface area contributed by atoms with Gasteiger partial charge in [-0.3, -0.25) is 0 Å². The maximum absolute atomic E-state index is 5.48. The van der Waals surface area contributed by atoms with Gasteiger partial charge >= 0.3 is 0 Å². The van der Waals surface area contributed by atoms with Gasteiger partial charge in [0.2, 0.25) is 0 Å². The molecule has 0 aliphatic rings. The fourth-order valence-electron chi connectivity index (χ4n) is 1.52. The molecule has 1 unspecified atom stereocenters. The second-order valence-corrected chi connectivity index (χ2v) is 3.61. The molecular weight excluding hydrogens is 174 g/mol. The van der Waals surface area contributed by atoms with Gasteiger partial charge in [-0.2, -0.15) is 0 Å². The monoisotopic (exact) mass is 193 g/mol. The largest absolute Gasteiger partial charge is 0.497 e. The highest BCUT2D eigenvalue weighted by molar-refractivity contribution is 5.28. The molecule has 1 atom stereocenters. The standard InChI is InChI=1S/C12H19NO/c1-10(4-3-9-13)11-5-7-12(14-2)8-6-11/h5-8,10H,3-4,9,13H2,1-2H3. The van der Waals surface area contributed by atoms with Gasteiger partial charge in [0.15, 0.2) is 0 Å². The predicted molar refractivity (Wildman–Crippen MR) is 59.7 cm³/mol. The van der Waals surface area contributed by atoms with Gasteiger partial charge in [-0.1, -0.05) is 19.1 Å². The number of rotatable bonds is 5. The van der Waals surface area contributed by atoms with E-state index in [-0.39, 0.29) is 0 Å². The molecule has 0 spiro atoms. The number of hydrogen-bond donors (Lipinski definition) is 1. The van der Waals surface area contributed by atoms with E-state index in [0.717, 1.165) is 25.1 Å². The Kier molecular flexibility index (Phi) is 4.47. The van der Waals surface area contributed by atoms with Crippen molar-refractivity contribution in [1.29, 1.82) is 0 Å². The van der Waals surface area contributed by atoms with Gasteiger partial charge in [0, 0.05) is 0 Å². The van der Waals surface area contributed by atoms with Gasteiger partial charge in [-0.05, 0) is 43.0 Å². The van der Waals surface area contributed by atoms with Crippen LogP contribution in [0.5, 0.6) is 5.75 Å². The van der Waals surface area contributed by atoms with Crippen molar-refractivity contribution in [3.8, 4) is 5.75 Å². The average Bonchev–Trinajstić information content (AvgIpc) is 2.26. The minimum atomic E-state index is 0.587. The summed E-state index contributed by atoms with van der Waals surface area (Å²) < 4.78 is 5.11. The third-order valence-electron chi connectivity index (χ3n) is 2.53. The van der Waals surface area contributed by atoms with Crippen molar-refractivity contribution in [2.75, 3.05) is 13.7 Å². The summed E-state index contributed by atoms with van der Waals surface area (Å²) in [6.07, 6.45) is 2.25. The summed E-state index contributed by atoms with van der Waals surface area (Å²) in [6.45, 7) is 3.01. The third kappa shape index (κ3) is 3.04. The Morgan fingerprint density at radius 3 is 2.43 bits per heavy atom. The first-order chi connectivity index (χ1) is 6.77. The molecule has 0 radical (unpaired) electrons. The SMILES string of the molecule is COc1ccc(C(C)CCCN)cc1. The van der Waals surface area contributed by atoms with Crippen LogP contribution in [0.3, 0.4) is 0 Å². The zero-order valence-corrected chi connectivity index (χ0v) is 8.99. The zero-order chi connectivity index (χ0) is 10.4. The highest BCUT2D eigenvalue weighted by atomic mass is 16.5. The maximum atomic E-state index is 5.48. The summed E-state index contributed by atoms with van der Waals surface area (Å²) in [7, 11) is 1.69. The lowest BCUT2D eigenvalue weighted by atomic mass is 9.96. The second kappa shape index (κ2) is 5.66. The lowest BCUT2D eigenvalue weighted by Gasteiger charge is -2.11. The molecule has 0 aromatic heterocycles. The first-order valence-electron chi connectivity index (χ1n) is 5.12. The summed E-state index contributed by atoms with van der Waals surface area (Å²) in [5, 5.41) is 0. The Morgan fingerprint density at radius 2 is 1.93 bits per heavy atom. The van der Waals surface area contributed by atoms with Crippen molar-refractivity contribution in [2.45, 2.75) is 25.7 Å². The van der Waals surface area contributed by atoms with Crippen molar-refractivity contribution < 1.29 is 4.74 Å². The van der Waals surface area contributed by atoms with Gasteiger partial charge in [0.25, 0.3) is 0 Å². The number of hydrogen-bond acceptors (Lipinski definition) is 2. The Morgan fingerprint density at radius 1 is 1.29 bits per heavy atom. The highest BCUT2D eigenvalue weighted by Gasteiger charge is 2.04. The molecule has 0 saturated carbocycles. The molecule has 0 aliphatic carbocycles. The fourth-order valence-corrected chi connectivity index (χ4v) is 1.52. The molecule has 0 saturated heterocycles. The van der Waals surface area contributed by atoms with Gasteiger partial charge < -0.3 is 10.5 Å². The van der Waals surface area contributed by atoms with Crippen LogP contribution < -0.4 is 10.5 Å². The van der Waals surface area contributed by atoms with Crippen LogP contribution in [0.2, 0.25) is 0 Å². The molecular formula is C12H19NO. The third-order valence-corrected chi connectivity index (χ3v) is 2.53. The highest BCUT2D eigenvalue weighted by Crippen LogP contribution is 2.22. The molecule has 0 aliphatic heterocycles. The van der Waals surface area contributed by atoms with E-state index in [0.29, 0.717) is 5.92 Å². The predicted octanol–water partition coefficient (Wildman–Crippen LogP) is 2.54. The molecule has 2 N–H and O–H groups in total. The van der Waals surface area contributed by atoms with Crippen LogP contribution in [0.25, 0.3) is 0 Å². The van der Waals surface area contributed by atoms with E-state index < -0.39 is 0 Å². The van der Waals surface area contributed by atoms with Crippen molar-refractivity contribution in [2.24, 2.45) is 5.73 Å². The van der Waals surface area contributed by atoms with Gasteiger partial charge in [-0.15, -0.1) is 0 Å². The molecule has 2 nitrogen and oxygen atoms in total. The van der Waals surface area contributed by atoms with E-state index in [4.69, 9.17) is 10.5 Å². The topological polar surface area (TPSA) is 35.2 Å². The van der Waals surface area contributed by atoms with Crippen LogP contribution in [0.4, 0.5) is 0 Å². The van der Waals surface area contributed by atoms with E-state index in [1.165, 1.54) is 5.56 Å². The lowest BCUT2D eigenvalue weighted by Crippen LogP contribution is -2.01. The molecule has 78 valence electrons. The molecule has 1 aromatic carbocycles. The Balaban J connectivity index is 2.57. The van der Waals surface area contributed by atoms with Crippen LogP contribution in [0, 0.1) is 0 Å². The first kappa shape index (κ1) is 11.1. The molecule has 14 heavy (non-hydrogen) atoms. The summed E-state index contributed by atoms with van der Waals surface area (Å²) in [6, 6.07) is 8.27. The van der Waals surface area contributed by atoms with Crippen LogP contribution in [-0.4, -0.2) is 13.7 Å². The number of methoxy groups -OCH3 is 1. The van der Waals surface area contributed by atoms with E-state index in [1.54, 1.807) is 7.11 Å². The average molecular weight is 193 g/mol. The molecule has 0 bridgehead atoms. The van der Waals surface area contributed by atoms with Crippen LogP contribution in [-0.2, 0) is 0 Å². The van der Waals surface area contributed by atoms with E-state index >= 15 is 0 Å². The quantitative estimate of drug-likeness (QED) is 0.780. The smallest absolute Gasteiger partial charge is 0.118 e. The molecule has 0 amide bonds. The summed E-state index contributed by atoms with van der Waals surface area (Å²) in [5.41, 5.74) is 6.84. The van der Waals surface area contributed by atoms with E-state index in [9.17, 15) is 0 Å². The second-order valence-electron chi connectivity index (χ2n) is 3.61. The number of benzene rings is 1. The lowest BCUT2D eigenvalue weighted by molar-refractivity contribution is 0.414. The Bertz CT molecular complexity index is 256. The normalized spacial score (nSPS) is 12.5. The maximum Gasteiger partial charge on any atom is 0.118 e. The molecule has 0 fully saturated rings. The first-order valence-corrected chi connectivity index (χ1v) is 5.12. The minimum absolute atomic E-state index is 0.587. The molecule has 2 heteroatoms. The van der Waals surface area contributed by atoms with Crippen molar-refractivity contribution in [3.63, 3.8) is 0 Å². The van der Waals surface area contributed by atoms with E-state index in [1.807, 2.05) is 12.1 Å². The fraction of sp³-hybridized carbons (Fsp3) is 0.500. The summed E-state index contributed by atoms with van der Waals surface area (Å²) in [4.78, 5) is 0. The van der Waals surface area contributed by atoms with Gasteiger partial charge in [0.1, 0.15) is 5.75 Å². The van der Waals surface area contributed by atoms with Gasteiger partial charge in [-0.25, -0.2) is 0 Å². The molecule has 1 rings (SSSR count). The van der Waals surface area contributed by atoms with E-state index in [2.05, 4.69) is 19.1 Å². The molecule has 0 heterocycles. The van der Waals surface area contributed by atoms with Crippen LogP contribution >= 0.6 is 0 Å². The molecule has 1 aromatic rings.